The number of ether oxygens (including phenoxy) is 1. The van der Waals surface area contributed by atoms with Gasteiger partial charge in [-0.3, -0.25) is 0 Å². The number of hydrogen-bond donors (Lipinski definition) is 2. The van der Waals surface area contributed by atoms with Crippen LogP contribution in [0, 0.1) is 0 Å². The maximum atomic E-state index is 12.2. The molecular formula is C17H13NO5S. The smallest absolute Gasteiger partial charge is 0.343 e. The molecule has 0 heterocycles. The topological polar surface area (TPSA) is 107 Å². The summed E-state index contributed by atoms with van der Waals surface area (Å²) in [5.74, 6) is -1.12. The standard InChI is InChI=1S/C17H13NO5S/c18-24(21,22)15-10-14(12-8-4-5-9-13(12)16(15)19)23-17(20)11-6-2-1-3-7-11/h1-10,19H,(H2,18,21,22). The Morgan fingerprint density at radius 1 is 0.958 bits per heavy atom. The van der Waals surface area contributed by atoms with E-state index in [0.717, 1.165) is 6.07 Å². The summed E-state index contributed by atoms with van der Waals surface area (Å²) >= 11 is 0. The van der Waals surface area contributed by atoms with Gasteiger partial charge in [-0.25, -0.2) is 18.4 Å². The second-order valence-corrected chi connectivity index (χ2v) is 6.60. The Labute approximate surface area is 138 Å². The van der Waals surface area contributed by atoms with Gasteiger partial charge in [-0.05, 0) is 12.1 Å². The SMILES string of the molecule is NS(=O)(=O)c1cc(OC(=O)c2ccccc2)c2ccccc2c1O. The summed E-state index contributed by atoms with van der Waals surface area (Å²) in [5.41, 5.74) is 0.312. The van der Waals surface area contributed by atoms with Gasteiger partial charge in [-0.2, -0.15) is 0 Å². The number of carbonyl (C=O) groups is 1. The molecule has 0 saturated carbocycles. The molecule has 3 aromatic carbocycles. The van der Waals surface area contributed by atoms with E-state index < -0.39 is 26.6 Å². The number of nitrogens with two attached hydrogens (primary N) is 1. The molecule has 3 aromatic rings. The van der Waals surface area contributed by atoms with Gasteiger partial charge < -0.3 is 9.84 Å². The van der Waals surface area contributed by atoms with E-state index in [0.29, 0.717) is 10.9 Å². The highest BCUT2D eigenvalue weighted by molar-refractivity contribution is 7.89. The lowest BCUT2D eigenvalue weighted by Crippen LogP contribution is -2.14. The molecule has 0 saturated heterocycles. The number of carbonyl (C=O) groups excluding carboxylic acids is 1. The van der Waals surface area contributed by atoms with Crippen LogP contribution in [-0.4, -0.2) is 19.5 Å². The van der Waals surface area contributed by atoms with E-state index in [9.17, 15) is 18.3 Å². The Morgan fingerprint density at radius 3 is 2.17 bits per heavy atom. The maximum absolute atomic E-state index is 12.2. The van der Waals surface area contributed by atoms with Gasteiger partial charge in [0, 0.05) is 16.8 Å². The van der Waals surface area contributed by atoms with Crippen molar-refractivity contribution >= 4 is 26.8 Å². The first-order valence-electron chi connectivity index (χ1n) is 6.92. The molecule has 0 aliphatic carbocycles. The Balaban J connectivity index is 2.17. The van der Waals surface area contributed by atoms with E-state index in [2.05, 4.69) is 0 Å². The predicted octanol–water partition coefficient (Wildman–Crippen LogP) is 2.41. The summed E-state index contributed by atoms with van der Waals surface area (Å²) in [6, 6.07) is 15.7. The molecule has 0 atom stereocenters. The van der Waals surface area contributed by atoms with Crippen molar-refractivity contribution < 1.29 is 23.1 Å². The van der Waals surface area contributed by atoms with Gasteiger partial charge in [-0.15, -0.1) is 0 Å². The fraction of sp³-hybridized carbons (Fsp3) is 0. The first-order valence-corrected chi connectivity index (χ1v) is 8.47. The fourth-order valence-corrected chi connectivity index (χ4v) is 2.99. The summed E-state index contributed by atoms with van der Waals surface area (Å²) in [4.78, 5) is 11.7. The van der Waals surface area contributed by atoms with Crippen molar-refractivity contribution in [3.05, 3.63) is 66.2 Å². The Morgan fingerprint density at radius 2 is 1.54 bits per heavy atom. The van der Waals surface area contributed by atoms with Crippen LogP contribution in [0.15, 0.2) is 65.6 Å². The molecule has 24 heavy (non-hydrogen) atoms. The van der Waals surface area contributed by atoms with Gasteiger partial charge in [0.05, 0.1) is 5.56 Å². The van der Waals surface area contributed by atoms with Crippen molar-refractivity contribution in [2.45, 2.75) is 4.90 Å². The third-order valence-corrected chi connectivity index (χ3v) is 4.39. The molecular weight excluding hydrogens is 330 g/mol. The van der Waals surface area contributed by atoms with Gasteiger partial charge in [0.2, 0.25) is 10.0 Å². The zero-order valence-corrected chi connectivity index (χ0v) is 13.2. The van der Waals surface area contributed by atoms with Crippen LogP contribution in [0.4, 0.5) is 0 Å². The normalized spacial score (nSPS) is 11.4. The van der Waals surface area contributed by atoms with Gasteiger partial charge in [0.15, 0.2) is 0 Å². The summed E-state index contributed by atoms with van der Waals surface area (Å²) in [5, 5.41) is 15.9. The molecule has 0 fully saturated rings. The molecule has 122 valence electrons. The molecule has 0 aliphatic heterocycles. The van der Waals surface area contributed by atoms with Crippen LogP contribution in [0.1, 0.15) is 10.4 Å². The largest absolute Gasteiger partial charge is 0.506 e. The number of primary sulfonamides is 1. The highest BCUT2D eigenvalue weighted by Gasteiger charge is 2.21. The molecule has 0 spiro atoms. The molecule has 3 N–H and O–H groups in total. The van der Waals surface area contributed by atoms with Gasteiger partial charge in [0.25, 0.3) is 0 Å². The number of phenols is 1. The second-order valence-electron chi connectivity index (χ2n) is 5.07. The van der Waals surface area contributed by atoms with E-state index in [1.807, 2.05) is 0 Å². The van der Waals surface area contributed by atoms with E-state index in [-0.39, 0.29) is 11.1 Å². The Kier molecular flexibility index (Phi) is 3.96. The Hall–Kier alpha value is -2.90. The monoisotopic (exact) mass is 343 g/mol. The van der Waals surface area contributed by atoms with Crippen LogP contribution in [0.25, 0.3) is 10.8 Å². The zero-order valence-electron chi connectivity index (χ0n) is 12.3. The van der Waals surface area contributed by atoms with Gasteiger partial charge in [-0.1, -0.05) is 42.5 Å². The summed E-state index contributed by atoms with van der Waals surface area (Å²) < 4.78 is 28.7. The van der Waals surface area contributed by atoms with E-state index >= 15 is 0 Å². The van der Waals surface area contributed by atoms with Crippen molar-refractivity contribution in [3.8, 4) is 11.5 Å². The highest BCUT2D eigenvalue weighted by atomic mass is 32.2. The lowest BCUT2D eigenvalue weighted by atomic mass is 10.1. The average Bonchev–Trinajstić information content (AvgIpc) is 2.57. The van der Waals surface area contributed by atoms with Gasteiger partial charge in [0.1, 0.15) is 16.4 Å². The third kappa shape index (κ3) is 2.94. The molecule has 0 amide bonds. The van der Waals surface area contributed by atoms with Crippen LogP contribution >= 0.6 is 0 Å². The predicted molar refractivity (Wildman–Crippen MR) is 88.4 cm³/mol. The first kappa shape index (κ1) is 16.0. The molecule has 0 aromatic heterocycles. The van der Waals surface area contributed by atoms with Crippen LogP contribution < -0.4 is 9.88 Å². The van der Waals surface area contributed by atoms with Crippen molar-refractivity contribution in [1.82, 2.24) is 0 Å². The van der Waals surface area contributed by atoms with E-state index in [4.69, 9.17) is 9.88 Å². The number of phenolic OH excluding ortho intramolecular Hbond substituents is 1. The Bertz CT molecular complexity index is 1030. The highest BCUT2D eigenvalue weighted by Crippen LogP contribution is 2.38. The molecule has 0 unspecified atom stereocenters. The quantitative estimate of drug-likeness (QED) is 0.561. The van der Waals surface area contributed by atoms with E-state index in [1.165, 1.54) is 6.07 Å². The minimum Gasteiger partial charge on any atom is -0.506 e. The van der Waals surface area contributed by atoms with Crippen LogP contribution in [0.2, 0.25) is 0 Å². The van der Waals surface area contributed by atoms with Gasteiger partial charge >= 0.3 is 5.97 Å². The second kappa shape index (κ2) is 5.95. The minimum atomic E-state index is -4.19. The molecule has 6 nitrogen and oxygen atoms in total. The van der Waals surface area contributed by atoms with Crippen molar-refractivity contribution in [3.63, 3.8) is 0 Å². The summed E-state index contributed by atoms with van der Waals surface area (Å²) in [7, 11) is -4.19. The number of sulfonamides is 1. The number of rotatable bonds is 3. The number of fused-ring (bicyclic) bond motifs is 1. The number of benzene rings is 3. The lowest BCUT2D eigenvalue weighted by Gasteiger charge is -2.12. The average molecular weight is 343 g/mol. The summed E-state index contributed by atoms with van der Waals surface area (Å²) in [6.45, 7) is 0. The number of hydrogen-bond acceptors (Lipinski definition) is 5. The van der Waals surface area contributed by atoms with Crippen LogP contribution in [0.3, 0.4) is 0 Å². The number of aromatic hydroxyl groups is 1. The third-order valence-electron chi connectivity index (χ3n) is 3.46. The molecule has 7 heteroatoms. The van der Waals surface area contributed by atoms with Crippen molar-refractivity contribution in [2.24, 2.45) is 5.14 Å². The molecule has 0 radical (unpaired) electrons. The molecule has 0 aliphatic rings. The van der Waals surface area contributed by atoms with Crippen molar-refractivity contribution in [2.75, 3.05) is 0 Å². The number of esters is 1. The molecule has 0 bridgehead atoms. The van der Waals surface area contributed by atoms with Crippen molar-refractivity contribution in [1.29, 1.82) is 0 Å². The summed E-state index contributed by atoms with van der Waals surface area (Å²) in [6.07, 6.45) is 0. The zero-order chi connectivity index (χ0) is 17.3. The molecule has 3 rings (SSSR count). The van der Waals surface area contributed by atoms with Crippen LogP contribution in [0.5, 0.6) is 11.5 Å². The van der Waals surface area contributed by atoms with E-state index in [1.54, 1.807) is 48.5 Å². The fourth-order valence-electron chi connectivity index (χ4n) is 2.34. The maximum Gasteiger partial charge on any atom is 0.343 e. The first-order chi connectivity index (χ1) is 11.4. The lowest BCUT2D eigenvalue weighted by molar-refractivity contribution is 0.0736. The minimum absolute atomic E-state index is 0.00118. The van der Waals surface area contributed by atoms with Crippen LogP contribution in [-0.2, 0) is 10.0 Å².